The minimum atomic E-state index is -1.28. The molecule has 2 aliphatic rings. The largest absolute Gasteiger partial charge is 0.479 e. The molecule has 0 spiro atoms. The van der Waals surface area contributed by atoms with Gasteiger partial charge in [0.2, 0.25) is 0 Å². The first-order valence-electron chi connectivity index (χ1n) is 6.93. The number of carboxylic acid groups (broad SMARTS) is 1. The topological polar surface area (TPSA) is 103 Å². The lowest BCUT2D eigenvalue weighted by molar-refractivity contribution is -0.144. The van der Waals surface area contributed by atoms with Gasteiger partial charge in [-0.05, 0) is 0 Å². The van der Waals surface area contributed by atoms with E-state index in [9.17, 15) is 14.7 Å². The average Bonchev–Trinajstić information content (AvgIpc) is 2.90. The number of piperazine rings is 1. The zero-order chi connectivity index (χ0) is 14.4. The van der Waals surface area contributed by atoms with Gasteiger partial charge < -0.3 is 25.8 Å². The van der Waals surface area contributed by atoms with Gasteiger partial charge in [-0.2, -0.15) is 0 Å². The van der Waals surface area contributed by atoms with Crippen LogP contribution in [0.25, 0.3) is 0 Å². The highest BCUT2D eigenvalue weighted by atomic mass is 16.5. The number of nitrogens with one attached hydrogen (secondary N) is 3. The van der Waals surface area contributed by atoms with Crippen molar-refractivity contribution in [3.8, 4) is 0 Å². The molecule has 4 N–H and O–H groups in total. The van der Waals surface area contributed by atoms with E-state index in [4.69, 9.17) is 4.74 Å². The van der Waals surface area contributed by atoms with Crippen LogP contribution in [0.5, 0.6) is 0 Å². The fourth-order valence-corrected chi connectivity index (χ4v) is 2.41. The number of carboxylic acids is 1. The average molecular weight is 286 g/mol. The fraction of sp³-hybridized carbons (Fsp3) is 0.833. The van der Waals surface area contributed by atoms with Gasteiger partial charge in [-0.25, -0.2) is 9.59 Å². The molecule has 0 aromatic carbocycles. The first-order chi connectivity index (χ1) is 9.62. The first-order valence-corrected chi connectivity index (χ1v) is 6.93. The number of urea groups is 1. The van der Waals surface area contributed by atoms with Crippen LogP contribution in [0.15, 0.2) is 0 Å². The van der Waals surface area contributed by atoms with Crippen molar-refractivity contribution in [3.63, 3.8) is 0 Å². The number of nitrogens with zero attached hydrogens (tertiary/aromatic N) is 1. The predicted octanol–water partition coefficient (Wildman–Crippen LogP) is -1.57. The Kier molecular flexibility index (Phi) is 5.16. The maximum Gasteiger partial charge on any atom is 0.332 e. The highest BCUT2D eigenvalue weighted by molar-refractivity contribution is 5.86. The van der Waals surface area contributed by atoms with Crippen LogP contribution >= 0.6 is 0 Å². The van der Waals surface area contributed by atoms with E-state index in [1.807, 2.05) is 0 Å². The molecule has 2 fully saturated rings. The highest BCUT2D eigenvalue weighted by Gasteiger charge is 2.43. The van der Waals surface area contributed by atoms with Crippen molar-refractivity contribution in [2.45, 2.75) is 12.0 Å². The van der Waals surface area contributed by atoms with Gasteiger partial charge >= 0.3 is 12.0 Å². The van der Waals surface area contributed by atoms with Crippen molar-refractivity contribution in [1.29, 1.82) is 0 Å². The molecule has 1 atom stereocenters. The Morgan fingerprint density at radius 2 is 2.10 bits per heavy atom. The molecular formula is C12H22N4O4. The highest BCUT2D eigenvalue weighted by Crippen LogP contribution is 2.18. The second-order valence-corrected chi connectivity index (χ2v) is 5.16. The molecular weight excluding hydrogens is 264 g/mol. The quantitative estimate of drug-likeness (QED) is 0.487. The summed E-state index contributed by atoms with van der Waals surface area (Å²) in [5.41, 5.74) is -1.28. The Morgan fingerprint density at radius 3 is 2.70 bits per heavy atom. The third-order valence-corrected chi connectivity index (χ3v) is 3.71. The van der Waals surface area contributed by atoms with Crippen molar-refractivity contribution >= 4 is 12.0 Å². The third-order valence-electron chi connectivity index (χ3n) is 3.71. The standard InChI is InChI=1S/C12H22N4O4/c17-10(18)12(1-8-20-9-12)15-11(19)14-4-7-16-5-2-13-3-6-16/h13H,1-9H2,(H,17,18)(H2,14,15,19). The van der Waals surface area contributed by atoms with Gasteiger partial charge in [0.25, 0.3) is 0 Å². The van der Waals surface area contributed by atoms with Crippen LogP contribution in [0.1, 0.15) is 6.42 Å². The number of carbonyl (C=O) groups excluding carboxylic acids is 1. The first kappa shape index (κ1) is 15.0. The summed E-state index contributed by atoms with van der Waals surface area (Å²) in [6.07, 6.45) is 0.299. The normalized spacial score (nSPS) is 27.2. The van der Waals surface area contributed by atoms with Gasteiger partial charge in [-0.3, -0.25) is 4.90 Å². The molecule has 0 saturated carbocycles. The summed E-state index contributed by atoms with van der Waals surface area (Å²) in [6, 6.07) is -0.451. The van der Waals surface area contributed by atoms with Gasteiger partial charge in [-0.1, -0.05) is 0 Å². The zero-order valence-corrected chi connectivity index (χ0v) is 11.5. The van der Waals surface area contributed by atoms with Crippen molar-refractivity contribution in [1.82, 2.24) is 20.9 Å². The van der Waals surface area contributed by atoms with Gasteiger partial charge in [0.15, 0.2) is 5.54 Å². The summed E-state index contributed by atoms with van der Waals surface area (Å²) in [7, 11) is 0. The Labute approximate surface area is 117 Å². The lowest BCUT2D eigenvalue weighted by Crippen LogP contribution is -2.58. The number of hydrogen-bond acceptors (Lipinski definition) is 5. The van der Waals surface area contributed by atoms with Crippen LogP contribution in [0, 0.1) is 0 Å². The van der Waals surface area contributed by atoms with Crippen molar-refractivity contribution in [3.05, 3.63) is 0 Å². The molecule has 0 aromatic rings. The summed E-state index contributed by atoms with van der Waals surface area (Å²) in [6.45, 7) is 5.51. The molecule has 8 nitrogen and oxygen atoms in total. The maximum absolute atomic E-state index is 11.8. The molecule has 0 aliphatic carbocycles. The molecule has 2 amide bonds. The van der Waals surface area contributed by atoms with Crippen LogP contribution in [0.3, 0.4) is 0 Å². The number of hydrogen-bond donors (Lipinski definition) is 4. The van der Waals surface area contributed by atoms with E-state index in [1.165, 1.54) is 0 Å². The van der Waals surface area contributed by atoms with Crippen LogP contribution in [0.2, 0.25) is 0 Å². The SMILES string of the molecule is O=C(NCCN1CCNCC1)NC1(C(=O)O)CCOC1. The summed E-state index contributed by atoms with van der Waals surface area (Å²) in [4.78, 5) is 25.3. The summed E-state index contributed by atoms with van der Waals surface area (Å²) in [5.74, 6) is -1.05. The predicted molar refractivity (Wildman–Crippen MR) is 71.6 cm³/mol. The molecule has 1 unspecified atom stereocenters. The Hall–Kier alpha value is -1.38. The Bertz CT molecular complexity index is 351. The smallest absolute Gasteiger partial charge is 0.332 e. The van der Waals surface area contributed by atoms with E-state index in [-0.39, 0.29) is 6.61 Å². The number of carbonyl (C=O) groups is 2. The number of aliphatic carboxylic acids is 1. The van der Waals surface area contributed by atoms with Gasteiger partial charge in [0.05, 0.1) is 6.61 Å². The fourth-order valence-electron chi connectivity index (χ4n) is 2.41. The summed E-state index contributed by atoms with van der Waals surface area (Å²) < 4.78 is 5.08. The van der Waals surface area contributed by atoms with E-state index in [2.05, 4.69) is 20.9 Å². The monoisotopic (exact) mass is 286 g/mol. The molecule has 0 aromatic heterocycles. The van der Waals surface area contributed by atoms with E-state index in [1.54, 1.807) is 0 Å². The summed E-state index contributed by atoms with van der Waals surface area (Å²) >= 11 is 0. The zero-order valence-electron chi connectivity index (χ0n) is 11.5. The summed E-state index contributed by atoms with van der Waals surface area (Å²) in [5, 5.41) is 17.7. The van der Waals surface area contributed by atoms with E-state index in [0.717, 1.165) is 32.7 Å². The van der Waals surface area contributed by atoms with E-state index in [0.29, 0.717) is 19.6 Å². The lowest BCUT2D eigenvalue weighted by Gasteiger charge is -2.28. The van der Waals surface area contributed by atoms with Gasteiger partial charge in [-0.15, -0.1) is 0 Å². The third kappa shape index (κ3) is 3.81. The molecule has 114 valence electrons. The molecule has 2 saturated heterocycles. The van der Waals surface area contributed by atoms with E-state index >= 15 is 0 Å². The minimum Gasteiger partial charge on any atom is -0.479 e. The molecule has 0 radical (unpaired) electrons. The molecule has 8 heteroatoms. The van der Waals surface area contributed by atoms with Crippen LogP contribution in [-0.2, 0) is 9.53 Å². The molecule has 0 bridgehead atoms. The number of amides is 2. The second-order valence-electron chi connectivity index (χ2n) is 5.16. The second kappa shape index (κ2) is 6.87. The maximum atomic E-state index is 11.8. The molecule has 2 aliphatic heterocycles. The Balaban J connectivity index is 1.70. The van der Waals surface area contributed by atoms with Crippen molar-refractivity contribution < 1.29 is 19.4 Å². The molecule has 2 rings (SSSR count). The lowest BCUT2D eigenvalue weighted by atomic mass is 9.99. The van der Waals surface area contributed by atoms with Crippen molar-refractivity contribution in [2.24, 2.45) is 0 Å². The van der Waals surface area contributed by atoms with Crippen molar-refractivity contribution in [2.75, 3.05) is 52.5 Å². The number of rotatable bonds is 5. The van der Waals surface area contributed by atoms with Crippen LogP contribution in [0.4, 0.5) is 4.79 Å². The van der Waals surface area contributed by atoms with E-state index < -0.39 is 17.5 Å². The van der Waals surface area contributed by atoms with Crippen LogP contribution < -0.4 is 16.0 Å². The molecule has 20 heavy (non-hydrogen) atoms. The van der Waals surface area contributed by atoms with Crippen LogP contribution in [-0.4, -0.2) is 80.0 Å². The Morgan fingerprint density at radius 1 is 1.35 bits per heavy atom. The van der Waals surface area contributed by atoms with Gasteiger partial charge in [0, 0.05) is 52.3 Å². The van der Waals surface area contributed by atoms with Gasteiger partial charge in [0.1, 0.15) is 0 Å². The minimum absolute atomic E-state index is 0.0214. The molecule has 2 heterocycles. The number of ether oxygens (including phenoxy) is 1.